The fourth-order valence-electron chi connectivity index (χ4n) is 8.52. The van der Waals surface area contributed by atoms with Gasteiger partial charge in [-0.05, 0) is 96.3 Å². The molecule has 0 bridgehead atoms. The van der Waals surface area contributed by atoms with Crippen LogP contribution >= 0.6 is 0 Å². The SMILES string of the molecule is CCCCCCCC/C=C\CCCCCCCC(=O)C(O)(C(=O)CCCCCCC/C=C\CCCCCCCC)C(O)C(O)C(=O)CCCCCCC/C=C\C[C@H](O)CCCCCC. The second-order valence-corrected chi connectivity index (χ2v) is 19.2. The van der Waals surface area contributed by atoms with Crippen LogP contribution in [0.1, 0.15) is 284 Å². The lowest BCUT2D eigenvalue weighted by Crippen LogP contribution is -2.61. The van der Waals surface area contributed by atoms with Crippen molar-refractivity contribution in [3.8, 4) is 0 Å². The van der Waals surface area contributed by atoms with Crippen LogP contribution in [0.5, 0.6) is 0 Å². The zero-order chi connectivity index (χ0) is 47.2. The number of carbonyl (C=O) groups is 3. The van der Waals surface area contributed by atoms with Crippen LogP contribution in [0.25, 0.3) is 0 Å². The van der Waals surface area contributed by atoms with Crippen molar-refractivity contribution in [2.24, 2.45) is 0 Å². The third-order valence-corrected chi connectivity index (χ3v) is 13.0. The summed E-state index contributed by atoms with van der Waals surface area (Å²) >= 11 is 0. The molecule has 0 aliphatic heterocycles. The topological polar surface area (TPSA) is 132 Å². The van der Waals surface area contributed by atoms with E-state index in [1.807, 2.05) is 0 Å². The number of allylic oxidation sites excluding steroid dienone is 5. The lowest BCUT2D eigenvalue weighted by atomic mass is 9.79. The predicted octanol–water partition coefficient (Wildman–Crippen LogP) is 15.2. The monoisotopic (exact) mass is 901 g/mol. The highest BCUT2D eigenvalue weighted by Gasteiger charge is 2.52. The van der Waals surface area contributed by atoms with Crippen LogP contribution in [0.4, 0.5) is 0 Å². The molecule has 0 heterocycles. The first-order valence-corrected chi connectivity index (χ1v) is 27.5. The Morgan fingerprint density at radius 2 is 0.688 bits per heavy atom. The molecule has 7 nitrogen and oxygen atoms in total. The lowest BCUT2D eigenvalue weighted by molar-refractivity contribution is -0.174. The molecular formula is C57H104O7. The number of aliphatic hydroxyl groups is 4. The Morgan fingerprint density at radius 1 is 0.391 bits per heavy atom. The molecule has 2 unspecified atom stereocenters. The van der Waals surface area contributed by atoms with Crippen molar-refractivity contribution in [1.82, 2.24) is 0 Å². The number of ketones is 3. The number of Topliss-reactive ketones (excluding diaryl/α,β-unsaturated/α-hetero) is 3. The first kappa shape index (κ1) is 62.1. The number of hydrogen-bond donors (Lipinski definition) is 4. The van der Waals surface area contributed by atoms with Gasteiger partial charge in [-0.1, -0.05) is 205 Å². The van der Waals surface area contributed by atoms with Crippen molar-refractivity contribution in [1.29, 1.82) is 0 Å². The van der Waals surface area contributed by atoms with Crippen LogP contribution < -0.4 is 0 Å². The fraction of sp³-hybridized carbons (Fsp3) is 0.842. The van der Waals surface area contributed by atoms with Gasteiger partial charge < -0.3 is 20.4 Å². The molecule has 0 amide bonds. The molecule has 0 rings (SSSR count). The minimum atomic E-state index is -2.80. The smallest absolute Gasteiger partial charge is 0.210 e. The van der Waals surface area contributed by atoms with E-state index in [1.165, 1.54) is 96.3 Å². The largest absolute Gasteiger partial charge is 0.393 e. The highest BCUT2D eigenvalue weighted by atomic mass is 16.4. The average molecular weight is 901 g/mol. The zero-order valence-electron chi connectivity index (χ0n) is 42.2. The van der Waals surface area contributed by atoms with Crippen molar-refractivity contribution in [3.05, 3.63) is 36.5 Å². The van der Waals surface area contributed by atoms with Crippen molar-refractivity contribution in [2.75, 3.05) is 0 Å². The molecule has 0 saturated carbocycles. The van der Waals surface area contributed by atoms with Gasteiger partial charge in [-0.3, -0.25) is 14.4 Å². The maximum Gasteiger partial charge on any atom is 0.210 e. The number of unbranched alkanes of at least 4 members (excludes halogenated alkanes) is 30. The summed E-state index contributed by atoms with van der Waals surface area (Å²) in [7, 11) is 0. The van der Waals surface area contributed by atoms with Gasteiger partial charge >= 0.3 is 0 Å². The molecule has 3 atom stereocenters. The quantitative estimate of drug-likeness (QED) is 0.0271. The number of carbonyl (C=O) groups excluding carboxylic acids is 3. The van der Waals surface area contributed by atoms with Crippen LogP contribution in [-0.4, -0.2) is 61.7 Å². The first-order valence-electron chi connectivity index (χ1n) is 27.5. The minimum absolute atomic E-state index is 0.00913. The number of rotatable bonds is 50. The first-order chi connectivity index (χ1) is 31.2. The van der Waals surface area contributed by atoms with E-state index in [0.29, 0.717) is 25.7 Å². The van der Waals surface area contributed by atoms with Crippen molar-refractivity contribution in [3.63, 3.8) is 0 Å². The summed E-state index contributed by atoms with van der Waals surface area (Å²) in [6.07, 6.45) is 48.8. The Balaban J connectivity index is 4.86. The normalized spacial score (nSPS) is 13.7. The summed E-state index contributed by atoms with van der Waals surface area (Å²) in [5, 5.41) is 44.0. The van der Waals surface area contributed by atoms with E-state index in [4.69, 9.17) is 0 Å². The summed E-state index contributed by atoms with van der Waals surface area (Å²) in [5.41, 5.74) is -2.80. The Bertz CT molecular complexity index is 1110. The second-order valence-electron chi connectivity index (χ2n) is 19.2. The lowest BCUT2D eigenvalue weighted by Gasteiger charge is -2.32. The third kappa shape index (κ3) is 35.3. The molecular weight excluding hydrogens is 797 g/mol. The second kappa shape index (κ2) is 46.2. The van der Waals surface area contributed by atoms with Crippen LogP contribution in [-0.2, 0) is 14.4 Å². The molecule has 0 aliphatic carbocycles. The molecule has 374 valence electrons. The van der Waals surface area contributed by atoms with Gasteiger partial charge in [0, 0.05) is 19.3 Å². The summed E-state index contributed by atoms with van der Waals surface area (Å²) < 4.78 is 0. The van der Waals surface area contributed by atoms with E-state index < -0.39 is 35.2 Å². The Kier molecular flexibility index (Phi) is 44.8. The van der Waals surface area contributed by atoms with Gasteiger partial charge in [-0.2, -0.15) is 0 Å². The molecule has 64 heavy (non-hydrogen) atoms. The van der Waals surface area contributed by atoms with Gasteiger partial charge in [-0.25, -0.2) is 0 Å². The molecule has 0 radical (unpaired) electrons. The summed E-state index contributed by atoms with van der Waals surface area (Å²) in [6, 6.07) is 0. The summed E-state index contributed by atoms with van der Waals surface area (Å²) in [5.74, 6) is -2.24. The van der Waals surface area contributed by atoms with Crippen LogP contribution in [0, 0.1) is 0 Å². The van der Waals surface area contributed by atoms with Crippen LogP contribution in [0.3, 0.4) is 0 Å². The van der Waals surface area contributed by atoms with E-state index >= 15 is 0 Å². The number of aliphatic hydroxyl groups excluding tert-OH is 3. The number of hydrogen-bond acceptors (Lipinski definition) is 7. The van der Waals surface area contributed by atoms with Crippen molar-refractivity contribution in [2.45, 2.75) is 308 Å². The Morgan fingerprint density at radius 3 is 1.06 bits per heavy atom. The van der Waals surface area contributed by atoms with Crippen LogP contribution in [0.2, 0.25) is 0 Å². The highest BCUT2D eigenvalue weighted by Crippen LogP contribution is 2.25. The predicted molar refractivity (Wildman–Crippen MR) is 272 cm³/mol. The Hall–Kier alpha value is -1.93. The maximum atomic E-state index is 13.6. The molecule has 7 heteroatoms. The molecule has 0 aromatic rings. The van der Waals surface area contributed by atoms with Gasteiger partial charge in [0.15, 0.2) is 17.3 Å². The molecule has 0 aromatic heterocycles. The fourth-order valence-corrected chi connectivity index (χ4v) is 8.52. The maximum absolute atomic E-state index is 13.6. The Labute approximate surface area is 395 Å². The molecule has 0 aliphatic rings. The average Bonchev–Trinajstić information content (AvgIpc) is 3.29. The third-order valence-electron chi connectivity index (χ3n) is 13.0. The van der Waals surface area contributed by atoms with E-state index in [1.54, 1.807) is 0 Å². The van der Waals surface area contributed by atoms with Crippen molar-refractivity contribution >= 4 is 17.3 Å². The molecule has 0 saturated heterocycles. The van der Waals surface area contributed by atoms with Gasteiger partial charge in [0.25, 0.3) is 0 Å². The van der Waals surface area contributed by atoms with Gasteiger partial charge in [0.2, 0.25) is 5.60 Å². The standard InChI is InChI=1S/C57H104O7/c1-4-7-10-13-15-17-19-21-23-25-27-29-35-39-44-49-53(60)57(64,54(61)50-45-40-36-30-28-26-24-22-20-18-16-14-11-8-5-2)56(63)55(62)52(59)48-43-38-34-32-31-33-37-42-47-51(58)46-41-12-9-6-3/h21-24,37,42,51,55-56,58,62-64H,4-20,25-36,38-41,43-50H2,1-3H3/b23-21-,24-22-,42-37-/t51-,55?,56?/m1/s1. The van der Waals surface area contributed by atoms with Gasteiger partial charge in [-0.15, -0.1) is 0 Å². The van der Waals surface area contributed by atoms with E-state index in [-0.39, 0.29) is 25.4 Å². The van der Waals surface area contributed by atoms with Crippen molar-refractivity contribution < 1.29 is 34.8 Å². The van der Waals surface area contributed by atoms with E-state index in [0.717, 1.165) is 122 Å². The summed E-state index contributed by atoms with van der Waals surface area (Å²) in [6.45, 7) is 6.67. The zero-order valence-corrected chi connectivity index (χ0v) is 42.2. The molecule has 0 aromatic carbocycles. The minimum Gasteiger partial charge on any atom is -0.393 e. The molecule has 0 fully saturated rings. The van der Waals surface area contributed by atoms with E-state index in [9.17, 15) is 34.8 Å². The van der Waals surface area contributed by atoms with Gasteiger partial charge in [0.1, 0.15) is 12.2 Å². The van der Waals surface area contributed by atoms with Gasteiger partial charge in [0.05, 0.1) is 6.10 Å². The summed E-state index contributed by atoms with van der Waals surface area (Å²) in [4.78, 5) is 40.3. The highest BCUT2D eigenvalue weighted by molar-refractivity contribution is 6.11. The molecule has 4 N–H and O–H groups in total. The van der Waals surface area contributed by atoms with E-state index in [2.05, 4.69) is 57.2 Å². The van der Waals surface area contributed by atoms with Crippen LogP contribution in [0.15, 0.2) is 36.5 Å². The molecule has 0 spiro atoms.